The fourth-order valence-electron chi connectivity index (χ4n) is 3.28. The number of benzene rings is 2. The fraction of sp³-hybridized carbons (Fsp3) is 0.250. The topological polar surface area (TPSA) is 117 Å². The van der Waals surface area contributed by atoms with E-state index in [4.69, 9.17) is 5.11 Å². The van der Waals surface area contributed by atoms with E-state index in [2.05, 4.69) is 36.4 Å². The molecule has 1 heterocycles. The average Bonchev–Trinajstić information content (AvgIpc) is 3.05. The number of carboxylic acid groups (broad SMARTS) is 1. The van der Waals surface area contributed by atoms with Crippen molar-refractivity contribution in [3.05, 3.63) is 86.8 Å². The zero-order valence-corrected chi connectivity index (χ0v) is 18.7. The largest absolute Gasteiger partial charge is 0.478 e. The highest BCUT2D eigenvalue weighted by molar-refractivity contribution is 6.01. The summed E-state index contributed by atoms with van der Waals surface area (Å²) in [6.45, 7) is 9.78. The van der Waals surface area contributed by atoms with Crippen molar-refractivity contribution in [2.75, 3.05) is 0 Å². The second-order valence-electron chi connectivity index (χ2n) is 8.57. The van der Waals surface area contributed by atoms with Crippen molar-refractivity contribution in [2.24, 2.45) is 5.10 Å². The summed E-state index contributed by atoms with van der Waals surface area (Å²) >= 11 is 0. The van der Waals surface area contributed by atoms with Gasteiger partial charge < -0.3 is 5.11 Å². The highest BCUT2D eigenvalue weighted by Gasteiger charge is 2.17. The van der Waals surface area contributed by atoms with Crippen molar-refractivity contribution >= 4 is 17.6 Å². The minimum Gasteiger partial charge on any atom is -0.478 e. The lowest BCUT2D eigenvalue weighted by Crippen LogP contribution is -2.23. The summed E-state index contributed by atoms with van der Waals surface area (Å²) in [4.78, 5) is 36.3. The molecule has 166 valence electrons. The van der Waals surface area contributed by atoms with Crippen LogP contribution in [0.15, 0.2) is 58.4 Å². The molecule has 0 saturated carbocycles. The average molecular weight is 434 g/mol. The van der Waals surface area contributed by atoms with Gasteiger partial charge in [0.05, 0.1) is 22.5 Å². The maximum absolute atomic E-state index is 13.0. The Morgan fingerprint density at radius 3 is 2.09 bits per heavy atom. The molecule has 8 heteroatoms. The third-order valence-electron chi connectivity index (χ3n) is 5.14. The number of carbonyl (C=O) groups excluding carboxylic acids is 1. The summed E-state index contributed by atoms with van der Waals surface area (Å²) in [7, 11) is 0. The molecule has 1 amide bonds. The Morgan fingerprint density at radius 2 is 1.56 bits per heavy atom. The smallest absolute Gasteiger partial charge is 0.335 e. The molecule has 0 atom stereocenters. The minimum absolute atomic E-state index is 0.00963. The number of carbonyl (C=O) groups is 2. The van der Waals surface area contributed by atoms with Crippen LogP contribution in [0.1, 0.15) is 65.2 Å². The Balaban J connectivity index is 1.83. The highest BCUT2D eigenvalue weighted by atomic mass is 16.4. The molecule has 3 aromatic rings. The summed E-state index contributed by atoms with van der Waals surface area (Å²) in [6.07, 6.45) is 0. The number of aromatic amines is 1. The van der Waals surface area contributed by atoms with Gasteiger partial charge in [0.25, 0.3) is 11.5 Å². The van der Waals surface area contributed by atoms with E-state index < -0.39 is 11.9 Å². The van der Waals surface area contributed by atoms with Crippen LogP contribution >= 0.6 is 0 Å². The number of nitrogens with one attached hydrogen (secondary N) is 2. The summed E-state index contributed by atoms with van der Waals surface area (Å²) in [5, 5.41) is 16.1. The molecule has 0 bridgehead atoms. The Hall–Kier alpha value is -3.94. The summed E-state index contributed by atoms with van der Waals surface area (Å²) in [6, 6.07) is 13.2. The number of amides is 1. The SMILES string of the molecule is C/C(=N/NC(=O)c1ccc(C(=O)O)cc1)c1c(C)[nH]n(-c2ccc(C(C)(C)C)cc2)c1=O. The number of aromatic nitrogens is 2. The van der Waals surface area contributed by atoms with Crippen LogP contribution in [-0.2, 0) is 5.41 Å². The van der Waals surface area contributed by atoms with Crippen LogP contribution < -0.4 is 11.0 Å². The van der Waals surface area contributed by atoms with Crippen LogP contribution in [0.2, 0.25) is 0 Å². The normalized spacial score (nSPS) is 12.0. The molecule has 0 unspecified atom stereocenters. The Kier molecular flexibility index (Phi) is 6.16. The van der Waals surface area contributed by atoms with Gasteiger partial charge in [-0.05, 0) is 61.2 Å². The fourth-order valence-corrected chi connectivity index (χ4v) is 3.28. The molecular weight excluding hydrogens is 408 g/mol. The molecule has 3 N–H and O–H groups in total. The molecule has 3 rings (SSSR count). The first-order valence-electron chi connectivity index (χ1n) is 10.1. The zero-order chi connectivity index (χ0) is 23.6. The number of hydrazone groups is 1. The van der Waals surface area contributed by atoms with Gasteiger partial charge in [-0.1, -0.05) is 32.9 Å². The number of hydrogen-bond acceptors (Lipinski definition) is 4. The van der Waals surface area contributed by atoms with Gasteiger partial charge in [-0.3, -0.25) is 14.7 Å². The number of H-pyrrole nitrogens is 1. The maximum atomic E-state index is 13.0. The first-order chi connectivity index (χ1) is 15.0. The first kappa shape index (κ1) is 22.7. The molecule has 0 aliphatic heterocycles. The van der Waals surface area contributed by atoms with Crippen molar-refractivity contribution in [1.29, 1.82) is 0 Å². The van der Waals surface area contributed by atoms with Gasteiger partial charge in [0.1, 0.15) is 0 Å². The van der Waals surface area contributed by atoms with E-state index in [1.165, 1.54) is 28.9 Å². The van der Waals surface area contributed by atoms with Crippen molar-refractivity contribution in [1.82, 2.24) is 15.2 Å². The lowest BCUT2D eigenvalue weighted by Gasteiger charge is -2.19. The standard InChI is InChI=1S/C24H26N4O4/c1-14(25-26-21(29)16-6-8-17(9-7-16)23(31)32)20-15(2)27-28(22(20)30)19-12-10-18(11-13-19)24(3,4)5/h6-13,27H,1-5H3,(H,26,29)(H,31,32)/b25-14-. The number of aryl methyl sites for hydroxylation is 1. The number of nitrogens with zero attached hydrogens (tertiary/aromatic N) is 2. The monoisotopic (exact) mass is 434 g/mol. The molecule has 0 radical (unpaired) electrons. The second-order valence-corrected chi connectivity index (χ2v) is 8.57. The Bertz CT molecular complexity index is 1240. The number of carboxylic acids is 1. The van der Waals surface area contributed by atoms with Crippen LogP contribution in [0.25, 0.3) is 5.69 Å². The molecule has 0 aliphatic rings. The lowest BCUT2D eigenvalue weighted by atomic mass is 9.87. The molecule has 0 saturated heterocycles. The van der Waals surface area contributed by atoms with Gasteiger partial charge in [0, 0.05) is 11.3 Å². The van der Waals surface area contributed by atoms with Crippen LogP contribution in [0.4, 0.5) is 0 Å². The number of hydrogen-bond donors (Lipinski definition) is 3. The molecule has 2 aromatic carbocycles. The van der Waals surface area contributed by atoms with Crippen LogP contribution in [0, 0.1) is 6.92 Å². The van der Waals surface area contributed by atoms with Gasteiger partial charge >= 0.3 is 5.97 Å². The lowest BCUT2D eigenvalue weighted by molar-refractivity contribution is 0.0696. The first-order valence-corrected chi connectivity index (χ1v) is 10.1. The molecule has 0 aliphatic carbocycles. The predicted molar refractivity (Wildman–Crippen MR) is 123 cm³/mol. The van der Waals surface area contributed by atoms with Crippen molar-refractivity contribution in [3.63, 3.8) is 0 Å². The molecule has 8 nitrogen and oxygen atoms in total. The van der Waals surface area contributed by atoms with Crippen LogP contribution in [0.5, 0.6) is 0 Å². The van der Waals surface area contributed by atoms with Gasteiger partial charge in [-0.15, -0.1) is 0 Å². The summed E-state index contributed by atoms with van der Waals surface area (Å²) in [5.74, 6) is -1.58. The van der Waals surface area contributed by atoms with Crippen molar-refractivity contribution in [2.45, 2.75) is 40.0 Å². The molecule has 1 aromatic heterocycles. The van der Waals surface area contributed by atoms with E-state index in [0.717, 1.165) is 5.56 Å². The third-order valence-corrected chi connectivity index (χ3v) is 5.14. The highest BCUT2D eigenvalue weighted by Crippen LogP contribution is 2.23. The van der Waals surface area contributed by atoms with Gasteiger partial charge in [0.15, 0.2) is 0 Å². The Labute approximate surface area is 185 Å². The van der Waals surface area contributed by atoms with E-state index in [1.54, 1.807) is 13.8 Å². The minimum atomic E-state index is -1.07. The quantitative estimate of drug-likeness (QED) is 0.420. The van der Waals surface area contributed by atoms with E-state index >= 15 is 0 Å². The van der Waals surface area contributed by atoms with Gasteiger partial charge in [-0.2, -0.15) is 5.10 Å². The predicted octanol–water partition coefficient (Wildman–Crippen LogP) is 3.62. The van der Waals surface area contributed by atoms with E-state index in [1.807, 2.05) is 24.3 Å². The molecule has 0 spiro atoms. The van der Waals surface area contributed by atoms with E-state index in [0.29, 0.717) is 22.7 Å². The van der Waals surface area contributed by atoms with Crippen molar-refractivity contribution < 1.29 is 14.7 Å². The zero-order valence-electron chi connectivity index (χ0n) is 18.7. The third kappa shape index (κ3) is 4.69. The van der Waals surface area contributed by atoms with Crippen LogP contribution in [0.3, 0.4) is 0 Å². The van der Waals surface area contributed by atoms with Crippen molar-refractivity contribution in [3.8, 4) is 5.69 Å². The molecular formula is C24H26N4O4. The number of aromatic carboxylic acids is 1. The van der Waals surface area contributed by atoms with E-state index in [9.17, 15) is 14.4 Å². The maximum Gasteiger partial charge on any atom is 0.335 e. The second kappa shape index (κ2) is 8.66. The summed E-state index contributed by atoms with van der Waals surface area (Å²) in [5.41, 5.74) is 5.70. The van der Waals surface area contributed by atoms with Crippen LogP contribution in [-0.4, -0.2) is 32.5 Å². The Morgan fingerprint density at radius 1 is 1.00 bits per heavy atom. The number of rotatable bonds is 5. The van der Waals surface area contributed by atoms with Gasteiger partial charge in [-0.25, -0.2) is 14.9 Å². The summed E-state index contributed by atoms with van der Waals surface area (Å²) < 4.78 is 1.45. The molecule has 0 fully saturated rings. The van der Waals surface area contributed by atoms with E-state index in [-0.39, 0.29) is 22.1 Å². The van der Waals surface area contributed by atoms with Gasteiger partial charge in [0.2, 0.25) is 0 Å². The molecule has 32 heavy (non-hydrogen) atoms.